The van der Waals surface area contributed by atoms with Gasteiger partial charge in [-0.25, -0.2) is 9.78 Å². The molecule has 140 valence electrons. The Morgan fingerprint density at radius 2 is 1.96 bits per heavy atom. The lowest BCUT2D eigenvalue weighted by atomic mass is 10.0. The minimum atomic E-state index is -0.509. The summed E-state index contributed by atoms with van der Waals surface area (Å²) in [6.07, 6.45) is 7.28. The highest BCUT2D eigenvalue weighted by molar-refractivity contribution is 5.73. The van der Waals surface area contributed by atoms with Gasteiger partial charge in [-0.3, -0.25) is 0 Å². The molecule has 0 aromatic carbocycles. The van der Waals surface area contributed by atoms with Crippen LogP contribution in [0.3, 0.4) is 0 Å². The Morgan fingerprint density at radius 1 is 1.24 bits per heavy atom. The first-order valence-corrected chi connectivity index (χ1v) is 9.49. The van der Waals surface area contributed by atoms with Crippen LogP contribution in [-0.2, 0) is 6.54 Å². The Hall–Kier alpha value is -1.82. The minimum Gasteiger partial charge on any atom is -0.391 e. The fraction of sp³-hybridized carbons (Fsp3) is 0.684. The molecule has 1 aromatic heterocycles. The number of anilines is 1. The first-order valence-electron chi connectivity index (χ1n) is 9.49. The molecule has 1 aliphatic rings. The normalized spacial score (nSPS) is 17.5. The zero-order chi connectivity index (χ0) is 18.1. The Balaban J connectivity index is 1.74. The predicted molar refractivity (Wildman–Crippen MR) is 101 cm³/mol. The summed E-state index contributed by atoms with van der Waals surface area (Å²) in [6.45, 7) is 6.85. The molecule has 1 fully saturated rings. The summed E-state index contributed by atoms with van der Waals surface area (Å²) in [4.78, 5) is 18.7. The third-order valence-corrected chi connectivity index (χ3v) is 4.96. The molecule has 6 heteroatoms. The van der Waals surface area contributed by atoms with Crippen molar-refractivity contribution in [2.24, 2.45) is 5.92 Å². The number of urea groups is 1. The van der Waals surface area contributed by atoms with E-state index in [0.29, 0.717) is 6.54 Å². The van der Waals surface area contributed by atoms with Crippen LogP contribution in [0, 0.1) is 5.92 Å². The van der Waals surface area contributed by atoms with Crippen LogP contribution in [0.4, 0.5) is 10.6 Å². The van der Waals surface area contributed by atoms with Crippen molar-refractivity contribution in [3.05, 3.63) is 23.9 Å². The zero-order valence-corrected chi connectivity index (χ0v) is 15.5. The number of rotatable bonds is 7. The lowest BCUT2D eigenvalue weighted by Crippen LogP contribution is -2.41. The maximum atomic E-state index is 11.8. The summed E-state index contributed by atoms with van der Waals surface area (Å²) in [5.74, 6) is 1.20. The number of aliphatic hydroxyl groups excluding tert-OH is 1. The molecular formula is C19H32N4O2. The van der Waals surface area contributed by atoms with E-state index in [1.165, 1.54) is 25.7 Å². The molecule has 0 bridgehead atoms. The monoisotopic (exact) mass is 348 g/mol. The van der Waals surface area contributed by atoms with Crippen LogP contribution in [0.2, 0.25) is 0 Å². The molecule has 2 amide bonds. The van der Waals surface area contributed by atoms with Crippen LogP contribution >= 0.6 is 0 Å². The first-order chi connectivity index (χ1) is 12.1. The average molecular weight is 348 g/mol. The van der Waals surface area contributed by atoms with Gasteiger partial charge in [0.15, 0.2) is 0 Å². The second-order valence-corrected chi connectivity index (χ2v) is 6.94. The Labute approximate surface area is 151 Å². The number of nitrogens with zero attached hydrogens (tertiary/aromatic N) is 2. The molecule has 6 nitrogen and oxygen atoms in total. The standard InChI is InChI=1S/C19H32N4O2/c1-3-15(2)17(24)14-22-19(25)21-13-16-8-9-18(20-12-16)23-10-6-4-5-7-11-23/h8-9,12,15,17,24H,3-7,10-11,13-14H2,1-2H3,(H2,21,22,25). The summed E-state index contributed by atoms with van der Waals surface area (Å²) in [5.41, 5.74) is 0.969. The lowest BCUT2D eigenvalue weighted by molar-refractivity contribution is 0.114. The fourth-order valence-electron chi connectivity index (χ4n) is 2.92. The predicted octanol–water partition coefficient (Wildman–Crippen LogP) is 2.67. The highest BCUT2D eigenvalue weighted by Crippen LogP contribution is 2.17. The van der Waals surface area contributed by atoms with E-state index in [-0.39, 0.29) is 18.5 Å². The van der Waals surface area contributed by atoms with Gasteiger partial charge in [0, 0.05) is 32.4 Å². The van der Waals surface area contributed by atoms with E-state index in [2.05, 4.69) is 20.5 Å². The summed E-state index contributed by atoms with van der Waals surface area (Å²) >= 11 is 0. The summed E-state index contributed by atoms with van der Waals surface area (Å²) < 4.78 is 0. The van der Waals surface area contributed by atoms with Crippen LogP contribution in [0.5, 0.6) is 0 Å². The maximum absolute atomic E-state index is 11.8. The molecule has 0 aliphatic carbocycles. The number of hydrogen-bond donors (Lipinski definition) is 3. The SMILES string of the molecule is CCC(C)C(O)CNC(=O)NCc1ccc(N2CCCCCC2)nc1. The smallest absolute Gasteiger partial charge is 0.315 e. The van der Waals surface area contributed by atoms with Gasteiger partial charge < -0.3 is 20.6 Å². The van der Waals surface area contributed by atoms with Crippen molar-refractivity contribution in [3.8, 4) is 0 Å². The third kappa shape index (κ3) is 6.53. The fourth-order valence-corrected chi connectivity index (χ4v) is 2.92. The van der Waals surface area contributed by atoms with E-state index in [1.54, 1.807) is 0 Å². The molecule has 0 saturated carbocycles. The van der Waals surface area contributed by atoms with Crippen LogP contribution in [0.25, 0.3) is 0 Å². The van der Waals surface area contributed by atoms with Crippen LogP contribution < -0.4 is 15.5 Å². The molecule has 1 aliphatic heterocycles. The zero-order valence-electron chi connectivity index (χ0n) is 15.5. The van der Waals surface area contributed by atoms with Gasteiger partial charge in [-0.15, -0.1) is 0 Å². The van der Waals surface area contributed by atoms with Crippen LogP contribution in [-0.4, -0.2) is 41.9 Å². The van der Waals surface area contributed by atoms with E-state index in [1.807, 2.05) is 32.2 Å². The molecule has 2 atom stereocenters. The Kier molecular flexibility index (Phi) is 7.98. The maximum Gasteiger partial charge on any atom is 0.315 e. The number of hydrogen-bond acceptors (Lipinski definition) is 4. The molecule has 3 N–H and O–H groups in total. The molecule has 2 rings (SSSR count). The molecule has 2 heterocycles. The number of amides is 2. The number of pyridine rings is 1. The molecule has 0 radical (unpaired) electrons. The van der Waals surface area contributed by atoms with Crippen molar-refractivity contribution < 1.29 is 9.90 Å². The van der Waals surface area contributed by atoms with Gasteiger partial charge in [0.05, 0.1) is 6.10 Å². The number of carbonyl (C=O) groups is 1. The lowest BCUT2D eigenvalue weighted by Gasteiger charge is -2.21. The molecule has 1 aromatic rings. The highest BCUT2D eigenvalue weighted by Gasteiger charge is 2.13. The molecule has 1 saturated heterocycles. The van der Waals surface area contributed by atoms with Gasteiger partial charge in [-0.05, 0) is 30.4 Å². The topological polar surface area (TPSA) is 77.5 Å². The number of nitrogens with one attached hydrogen (secondary N) is 2. The average Bonchev–Trinajstić information content (AvgIpc) is 2.93. The van der Waals surface area contributed by atoms with Crippen molar-refractivity contribution in [2.45, 2.75) is 58.6 Å². The molecule has 25 heavy (non-hydrogen) atoms. The van der Waals surface area contributed by atoms with Crippen LogP contribution in [0.15, 0.2) is 18.3 Å². The van der Waals surface area contributed by atoms with Gasteiger partial charge in [0.2, 0.25) is 0 Å². The van der Waals surface area contributed by atoms with Crippen molar-refractivity contribution >= 4 is 11.8 Å². The van der Waals surface area contributed by atoms with Gasteiger partial charge in [-0.1, -0.05) is 39.2 Å². The number of carbonyl (C=O) groups excluding carboxylic acids is 1. The van der Waals surface area contributed by atoms with E-state index in [4.69, 9.17) is 0 Å². The Bertz CT molecular complexity index is 513. The molecule has 0 spiro atoms. The second kappa shape index (κ2) is 10.2. The Morgan fingerprint density at radius 3 is 2.56 bits per heavy atom. The van der Waals surface area contributed by atoms with Crippen molar-refractivity contribution in [1.82, 2.24) is 15.6 Å². The van der Waals surface area contributed by atoms with E-state index in [0.717, 1.165) is 30.9 Å². The van der Waals surface area contributed by atoms with Crippen LogP contribution in [0.1, 0.15) is 51.5 Å². The molecule has 2 unspecified atom stereocenters. The number of aliphatic hydroxyl groups is 1. The first kappa shape index (κ1) is 19.5. The van der Waals surface area contributed by atoms with Crippen molar-refractivity contribution in [1.29, 1.82) is 0 Å². The molecular weight excluding hydrogens is 316 g/mol. The van der Waals surface area contributed by atoms with Gasteiger partial charge >= 0.3 is 6.03 Å². The summed E-state index contributed by atoms with van der Waals surface area (Å²) in [5, 5.41) is 15.4. The largest absolute Gasteiger partial charge is 0.391 e. The van der Waals surface area contributed by atoms with E-state index in [9.17, 15) is 9.90 Å². The highest BCUT2D eigenvalue weighted by atomic mass is 16.3. The van der Waals surface area contributed by atoms with E-state index >= 15 is 0 Å². The third-order valence-electron chi connectivity index (χ3n) is 4.96. The second-order valence-electron chi connectivity index (χ2n) is 6.94. The van der Waals surface area contributed by atoms with Gasteiger partial charge in [0.1, 0.15) is 5.82 Å². The number of aromatic nitrogens is 1. The van der Waals surface area contributed by atoms with E-state index < -0.39 is 6.10 Å². The van der Waals surface area contributed by atoms with Gasteiger partial charge in [-0.2, -0.15) is 0 Å². The van der Waals surface area contributed by atoms with Crippen molar-refractivity contribution in [2.75, 3.05) is 24.5 Å². The summed E-state index contributed by atoms with van der Waals surface area (Å²) in [6, 6.07) is 3.79. The summed E-state index contributed by atoms with van der Waals surface area (Å²) in [7, 11) is 0. The minimum absolute atomic E-state index is 0.177. The van der Waals surface area contributed by atoms with Crippen molar-refractivity contribution in [3.63, 3.8) is 0 Å². The quantitative estimate of drug-likeness (QED) is 0.708. The van der Waals surface area contributed by atoms with Gasteiger partial charge in [0.25, 0.3) is 0 Å².